The summed E-state index contributed by atoms with van der Waals surface area (Å²) in [6.45, 7) is 8.98. The highest BCUT2D eigenvalue weighted by atomic mass is 35.5. The largest absolute Gasteiger partial charge is 0.396 e. The number of aliphatic hydroxyl groups is 1. The lowest BCUT2D eigenvalue weighted by molar-refractivity contribution is 0.288. The molecule has 1 saturated heterocycles. The van der Waals surface area contributed by atoms with E-state index in [1.54, 1.807) is 12.1 Å². The molecule has 228 valence electrons. The first-order chi connectivity index (χ1) is 20.5. The topological polar surface area (TPSA) is 65.8 Å². The molecule has 0 spiro atoms. The third-order valence-electron chi connectivity index (χ3n) is 8.14. The highest BCUT2D eigenvalue weighted by Crippen LogP contribution is 2.44. The van der Waals surface area contributed by atoms with Crippen LogP contribution in [0.25, 0.3) is 22.4 Å². The van der Waals surface area contributed by atoms with Crippen LogP contribution >= 0.6 is 11.6 Å². The maximum Gasteiger partial charge on any atom is 0.177 e. The van der Waals surface area contributed by atoms with Crippen molar-refractivity contribution < 1.29 is 17.9 Å². The molecule has 1 aliphatic heterocycles. The van der Waals surface area contributed by atoms with Crippen molar-refractivity contribution >= 4 is 32.8 Å². The number of aromatic nitrogens is 1. The number of nitrogens with zero attached hydrogens (tertiary/aromatic N) is 3. The minimum Gasteiger partial charge on any atom is -0.396 e. The predicted octanol–water partition coefficient (Wildman–Crippen LogP) is 7.16. The summed E-state index contributed by atoms with van der Waals surface area (Å²) < 4.78 is 44.0. The summed E-state index contributed by atoms with van der Waals surface area (Å²) >= 11 is 6.20. The van der Waals surface area contributed by atoms with Gasteiger partial charge in [0, 0.05) is 72.7 Å². The van der Waals surface area contributed by atoms with Gasteiger partial charge in [-0.2, -0.15) is 0 Å². The Morgan fingerprint density at radius 1 is 0.884 bits per heavy atom. The molecule has 5 rings (SSSR count). The van der Waals surface area contributed by atoms with Gasteiger partial charge < -0.3 is 19.5 Å². The second-order valence-electron chi connectivity index (χ2n) is 11.5. The molecular formula is C34H39ClFN3O3S. The molecule has 2 heterocycles. The molecule has 1 N–H and O–H groups in total. The molecule has 4 aromatic rings. The van der Waals surface area contributed by atoms with Crippen LogP contribution in [0.4, 0.5) is 15.8 Å². The fourth-order valence-corrected chi connectivity index (χ4v) is 7.57. The quantitative estimate of drug-likeness (QED) is 0.214. The monoisotopic (exact) mass is 623 g/mol. The van der Waals surface area contributed by atoms with Gasteiger partial charge in [0.05, 0.1) is 10.6 Å². The third kappa shape index (κ3) is 6.61. The standard InChI is InChI=1S/C34H39ClFN3O3S/c1-23(2)39-24(3)34(43(4,41)42)32(33(39)26-9-11-28(35)12-10-26)27-20-29(36)22-31(21-27)38-17-15-37(16-18-38)30-13-7-25(8-14-30)6-5-19-40/h7-14,20-23,40H,5-6,15-19H2,1-4H3. The minimum absolute atomic E-state index is 0.0372. The Morgan fingerprint density at radius 2 is 1.49 bits per heavy atom. The fourth-order valence-electron chi connectivity index (χ4n) is 6.22. The highest BCUT2D eigenvalue weighted by Gasteiger charge is 2.30. The van der Waals surface area contributed by atoms with Crippen LogP contribution in [0, 0.1) is 12.7 Å². The van der Waals surface area contributed by atoms with Crippen molar-refractivity contribution in [2.75, 3.05) is 48.8 Å². The van der Waals surface area contributed by atoms with E-state index in [-0.39, 0.29) is 17.5 Å². The number of hydrogen-bond acceptors (Lipinski definition) is 5. The first-order valence-electron chi connectivity index (χ1n) is 14.7. The van der Waals surface area contributed by atoms with Gasteiger partial charge in [-0.25, -0.2) is 12.8 Å². The molecule has 1 aliphatic rings. The average Bonchev–Trinajstić information content (AvgIpc) is 3.30. The summed E-state index contributed by atoms with van der Waals surface area (Å²) in [6.07, 6.45) is 2.82. The zero-order valence-corrected chi connectivity index (χ0v) is 26.7. The summed E-state index contributed by atoms with van der Waals surface area (Å²) in [5.74, 6) is -0.412. The van der Waals surface area contributed by atoms with Gasteiger partial charge in [0.1, 0.15) is 5.82 Å². The molecule has 0 atom stereocenters. The number of hydrogen-bond donors (Lipinski definition) is 1. The molecule has 1 fully saturated rings. The summed E-state index contributed by atoms with van der Waals surface area (Å²) in [5, 5.41) is 9.68. The number of rotatable bonds is 9. The van der Waals surface area contributed by atoms with Crippen LogP contribution in [0.5, 0.6) is 0 Å². The normalized spacial score (nSPS) is 14.1. The number of halogens is 2. The predicted molar refractivity (Wildman–Crippen MR) is 175 cm³/mol. The van der Waals surface area contributed by atoms with Crippen LogP contribution in [-0.2, 0) is 16.3 Å². The molecule has 0 amide bonds. The Morgan fingerprint density at radius 3 is 2.05 bits per heavy atom. The molecule has 0 bridgehead atoms. The van der Waals surface area contributed by atoms with Gasteiger partial charge in [0.25, 0.3) is 0 Å². The van der Waals surface area contributed by atoms with Gasteiger partial charge in [0.2, 0.25) is 0 Å². The van der Waals surface area contributed by atoms with Crippen molar-refractivity contribution in [2.45, 2.75) is 44.6 Å². The number of anilines is 2. The molecular weight excluding hydrogens is 585 g/mol. The van der Waals surface area contributed by atoms with Crippen molar-refractivity contribution in [2.24, 2.45) is 0 Å². The maximum absolute atomic E-state index is 15.4. The number of aliphatic hydroxyl groups excluding tert-OH is 1. The van der Waals surface area contributed by atoms with Crippen LogP contribution in [0.1, 0.15) is 37.6 Å². The number of aryl methyl sites for hydroxylation is 1. The van der Waals surface area contributed by atoms with E-state index in [1.165, 1.54) is 24.0 Å². The van der Waals surface area contributed by atoms with E-state index in [0.29, 0.717) is 34.9 Å². The van der Waals surface area contributed by atoms with Gasteiger partial charge in [0.15, 0.2) is 9.84 Å². The van der Waals surface area contributed by atoms with Gasteiger partial charge in [-0.1, -0.05) is 35.9 Å². The third-order valence-corrected chi connectivity index (χ3v) is 9.63. The van der Waals surface area contributed by atoms with Gasteiger partial charge in [-0.3, -0.25) is 0 Å². The van der Waals surface area contributed by atoms with E-state index in [9.17, 15) is 8.42 Å². The van der Waals surface area contributed by atoms with Crippen LogP contribution in [0.2, 0.25) is 5.02 Å². The molecule has 1 aromatic heterocycles. The molecule has 6 nitrogen and oxygen atoms in total. The lowest BCUT2D eigenvalue weighted by atomic mass is 9.99. The van der Waals surface area contributed by atoms with Gasteiger partial charge >= 0.3 is 0 Å². The van der Waals surface area contributed by atoms with E-state index < -0.39 is 15.7 Å². The van der Waals surface area contributed by atoms with E-state index in [0.717, 1.165) is 48.6 Å². The molecule has 3 aromatic carbocycles. The SMILES string of the molecule is Cc1c(S(C)(=O)=O)c(-c2cc(F)cc(N3CCN(c4ccc(CCCO)cc4)CC3)c2)c(-c2ccc(Cl)cc2)n1C(C)C. The fraction of sp³-hybridized carbons (Fsp3) is 0.353. The zero-order chi connectivity index (χ0) is 30.9. The molecule has 43 heavy (non-hydrogen) atoms. The summed E-state index contributed by atoms with van der Waals surface area (Å²) in [5.41, 5.74) is 6.28. The zero-order valence-electron chi connectivity index (χ0n) is 25.1. The van der Waals surface area contributed by atoms with Crippen molar-refractivity contribution in [3.63, 3.8) is 0 Å². The average molecular weight is 624 g/mol. The molecule has 0 saturated carbocycles. The lowest BCUT2D eigenvalue weighted by Crippen LogP contribution is -2.46. The Balaban J connectivity index is 1.52. The number of benzene rings is 3. The van der Waals surface area contributed by atoms with Crippen molar-refractivity contribution in [3.05, 3.63) is 88.8 Å². The number of sulfone groups is 1. The second-order valence-corrected chi connectivity index (χ2v) is 13.9. The maximum atomic E-state index is 15.4. The van der Waals surface area contributed by atoms with E-state index in [1.807, 2.05) is 43.5 Å². The second kappa shape index (κ2) is 12.7. The van der Waals surface area contributed by atoms with Crippen molar-refractivity contribution in [1.82, 2.24) is 4.57 Å². The van der Waals surface area contributed by atoms with E-state index in [4.69, 9.17) is 16.7 Å². The molecule has 9 heteroatoms. The van der Waals surface area contributed by atoms with Crippen LogP contribution in [0.3, 0.4) is 0 Å². The van der Waals surface area contributed by atoms with E-state index >= 15 is 4.39 Å². The molecule has 0 radical (unpaired) electrons. The van der Waals surface area contributed by atoms with Crippen LogP contribution in [0.15, 0.2) is 71.6 Å². The Labute approximate surface area is 259 Å². The van der Waals surface area contributed by atoms with Crippen LogP contribution in [-0.4, -0.2) is 57.1 Å². The Kier molecular flexibility index (Phi) is 9.20. The van der Waals surface area contributed by atoms with Crippen molar-refractivity contribution in [1.29, 1.82) is 0 Å². The summed E-state index contributed by atoms with van der Waals surface area (Å²) in [7, 11) is -3.66. The minimum atomic E-state index is -3.66. The lowest BCUT2D eigenvalue weighted by Gasteiger charge is -2.37. The van der Waals surface area contributed by atoms with Gasteiger partial charge in [-0.15, -0.1) is 0 Å². The summed E-state index contributed by atoms with van der Waals surface area (Å²) in [4.78, 5) is 4.70. The van der Waals surface area contributed by atoms with Crippen LogP contribution < -0.4 is 9.80 Å². The van der Waals surface area contributed by atoms with E-state index in [2.05, 4.69) is 34.1 Å². The number of piperazine rings is 1. The van der Waals surface area contributed by atoms with Gasteiger partial charge in [-0.05, 0) is 92.8 Å². The first kappa shape index (κ1) is 31.1. The molecule has 0 aliphatic carbocycles. The van der Waals surface area contributed by atoms with Crippen molar-refractivity contribution in [3.8, 4) is 22.4 Å². The Bertz CT molecular complexity index is 1690. The highest BCUT2D eigenvalue weighted by molar-refractivity contribution is 7.91. The smallest absolute Gasteiger partial charge is 0.177 e. The summed E-state index contributed by atoms with van der Waals surface area (Å²) in [6, 6.07) is 20.6. The Hall–Kier alpha value is -3.33. The first-order valence-corrected chi connectivity index (χ1v) is 17.0. The molecule has 0 unspecified atom stereocenters.